The van der Waals surface area contributed by atoms with Crippen molar-refractivity contribution < 1.29 is 9.53 Å². The molecule has 0 radical (unpaired) electrons. The number of esters is 1. The van der Waals surface area contributed by atoms with E-state index in [-0.39, 0.29) is 5.97 Å². The van der Waals surface area contributed by atoms with Crippen molar-refractivity contribution in [3.05, 3.63) is 41.1 Å². The number of anilines is 1. The van der Waals surface area contributed by atoms with Gasteiger partial charge in [0.2, 0.25) is 0 Å². The zero-order valence-corrected chi connectivity index (χ0v) is 10.0. The molecule has 1 aromatic rings. The number of benzene rings is 1. The third-order valence-corrected chi connectivity index (χ3v) is 2.02. The number of hydrogen-bond acceptors (Lipinski definition) is 3. The van der Waals surface area contributed by atoms with Crippen LogP contribution in [0.2, 0.25) is 5.02 Å². The van der Waals surface area contributed by atoms with Gasteiger partial charge >= 0.3 is 5.97 Å². The van der Waals surface area contributed by atoms with Gasteiger partial charge in [-0.25, -0.2) is 4.79 Å². The average Bonchev–Trinajstić information content (AvgIpc) is 2.17. The second-order valence-corrected chi connectivity index (χ2v) is 3.65. The normalized spacial score (nSPS) is 11.1. The van der Waals surface area contributed by atoms with Crippen molar-refractivity contribution in [2.24, 2.45) is 0 Å². The molecule has 0 aliphatic heterocycles. The summed E-state index contributed by atoms with van der Waals surface area (Å²) in [6.07, 6.45) is 1.41. The zero-order valence-electron chi connectivity index (χ0n) is 9.29. The molecule has 0 saturated carbocycles. The van der Waals surface area contributed by atoms with Gasteiger partial charge in [0.05, 0.1) is 6.61 Å². The fourth-order valence-corrected chi connectivity index (χ4v) is 1.38. The second-order valence-electron chi connectivity index (χ2n) is 3.21. The van der Waals surface area contributed by atoms with Gasteiger partial charge in [-0.2, -0.15) is 0 Å². The van der Waals surface area contributed by atoms with Crippen molar-refractivity contribution in [1.29, 1.82) is 0 Å². The first-order valence-corrected chi connectivity index (χ1v) is 5.37. The highest BCUT2D eigenvalue weighted by Crippen LogP contribution is 2.16. The number of carbonyl (C=O) groups is 1. The molecule has 0 fully saturated rings. The monoisotopic (exact) mass is 239 g/mol. The molecule has 86 valence electrons. The van der Waals surface area contributed by atoms with E-state index in [0.717, 1.165) is 5.69 Å². The summed E-state index contributed by atoms with van der Waals surface area (Å²) in [5.74, 6) is -0.352. The topological polar surface area (TPSA) is 38.3 Å². The second kappa shape index (κ2) is 6.18. The van der Waals surface area contributed by atoms with Crippen LogP contribution in [0.3, 0.4) is 0 Å². The van der Waals surface area contributed by atoms with Crippen LogP contribution in [0.25, 0.3) is 0 Å². The molecule has 0 saturated heterocycles. The minimum Gasteiger partial charge on any atom is -0.463 e. The van der Waals surface area contributed by atoms with Gasteiger partial charge in [-0.3, -0.25) is 0 Å². The molecule has 0 bridgehead atoms. The van der Waals surface area contributed by atoms with Gasteiger partial charge in [-0.1, -0.05) is 17.7 Å². The summed E-state index contributed by atoms with van der Waals surface area (Å²) in [7, 11) is 0. The molecule has 0 amide bonds. The van der Waals surface area contributed by atoms with Gasteiger partial charge < -0.3 is 10.1 Å². The highest BCUT2D eigenvalue weighted by molar-refractivity contribution is 6.30. The van der Waals surface area contributed by atoms with Crippen LogP contribution in [-0.2, 0) is 9.53 Å². The summed E-state index contributed by atoms with van der Waals surface area (Å²) >= 11 is 5.83. The predicted octanol–water partition coefficient (Wildman–Crippen LogP) is 3.22. The first kappa shape index (κ1) is 12.6. The van der Waals surface area contributed by atoms with Gasteiger partial charge in [-0.15, -0.1) is 0 Å². The van der Waals surface area contributed by atoms with Gasteiger partial charge in [0.15, 0.2) is 0 Å². The Kier molecular flexibility index (Phi) is 4.86. The van der Waals surface area contributed by atoms with Crippen molar-refractivity contribution in [1.82, 2.24) is 0 Å². The smallest absolute Gasteiger partial charge is 0.332 e. The standard InChI is InChI=1S/C12H14ClNO2/c1-3-16-12(15)7-9(2)14-11-6-4-5-10(13)8-11/h4-8,14H,3H2,1-2H3. The van der Waals surface area contributed by atoms with Gasteiger partial charge in [0, 0.05) is 22.5 Å². The molecule has 0 atom stereocenters. The van der Waals surface area contributed by atoms with E-state index in [4.69, 9.17) is 16.3 Å². The van der Waals surface area contributed by atoms with Crippen molar-refractivity contribution in [3.63, 3.8) is 0 Å². The molecule has 1 N–H and O–H groups in total. The Hall–Kier alpha value is -1.48. The maximum Gasteiger partial charge on any atom is 0.332 e. The van der Waals surface area contributed by atoms with Crippen molar-refractivity contribution in [3.8, 4) is 0 Å². The molecule has 0 aliphatic rings. The van der Waals surface area contributed by atoms with Gasteiger partial charge in [-0.05, 0) is 32.0 Å². The third kappa shape index (κ3) is 4.36. The van der Waals surface area contributed by atoms with Crippen molar-refractivity contribution in [2.75, 3.05) is 11.9 Å². The maximum atomic E-state index is 11.1. The number of nitrogens with one attached hydrogen (secondary N) is 1. The van der Waals surface area contributed by atoms with E-state index in [1.165, 1.54) is 6.08 Å². The number of halogens is 1. The minimum atomic E-state index is -0.352. The van der Waals surface area contributed by atoms with E-state index >= 15 is 0 Å². The van der Waals surface area contributed by atoms with Gasteiger partial charge in [0.1, 0.15) is 0 Å². The predicted molar refractivity (Wildman–Crippen MR) is 65.5 cm³/mol. The molecule has 3 nitrogen and oxygen atoms in total. The number of ether oxygens (including phenoxy) is 1. The summed E-state index contributed by atoms with van der Waals surface area (Å²) < 4.78 is 4.79. The Morgan fingerprint density at radius 2 is 2.31 bits per heavy atom. The quantitative estimate of drug-likeness (QED) is 0.648. The molecule has 0 heterocycles. The summed E-state index contributed by atoms with van der Waals surface area (Å²) in [6, 6.07) is 7.28. The molecule has 0 aliphatic carbocycles. The van der Waals surface area contributed by atoms with Crippen LogP contribution in [0.5, 0.6) is 0 Å². The Bertz CT molecular complexity index is 402. The molecular formula is C12H14ClNO2. The van der Waals surface area contributed by atoms with E-state index in [2.05, 4.69) is 5.32 Å². The summed E-state index contributed by atoms with van der Waals surface area (Å²) in [5, 5.41) is 3.70. The van der Waals surface area contributed by atoms with E-state index in [1.807, 2.05) is 12.1 Å². The van der Waals surface area contributed by atoms with E-state index in [1.54, 1.807) is 26.0 Å². The molecule has 16 heavy (non-hydrogen) atoms. The number of allylic oxidation sites excluding steroid dienone is 1. The molecule has 1 rings (SSSR count). The largest absolute Gasteiger partial charge is 0.463 e. The third-order valence-electron chi connectivity index (χ3n) is 1.79. The lowest BCUT2D eigenvalue weighted by Crippen LogP contribution is -2.04. The molecule has 0 aromatic heterocycles. The Morgan fingerprint density at radius 1 is 1.56 bits per heavy atom. The van der Waals surface area contributed by atoms with Crippen LogP contribution < -0.4 is 5.32 Å². The number of rotatable bonds is 4. The van der Waals surface area contributed by atoms with Crippen LogP contribution in [-0.4, -0.2) is 12.6 Å². The number of hydrogen-bond donors (Lipinski definition) is 1. The fraction of sp³-hybridized carbons (Fsp3) is 0.250. The van der Waals surface area contributed by atoms with Crippen molar-refractivity contribution >= 4 is 23.3 Å². The lowest BCUT2D eigenvalue weighted by molar-refractivity contribution is -0.137. The van der Waals surface area contributed by atoms with Crippen LogP contribution in [0.15, 0.2) is 36.0 Å². The summed E-state index contributed by atoms with van der Waals surface area (Å²) in [4.78, 5) is 11.1. The van der Waals surface area contributed by atoms with E-state index < -0.39 is 0 Å². The SMILES string of the molecule is CCOC(=O)C=C(C)Nc1cccc(Cl)c1. The highest BCUT2D eigenvalue weighted by atomic mass is 35.5. The maximum absolute atomic E-state index is 11.1. The number of carbonyl (C=O) groups excluding carboxylic acids is 1. The average molecular weight is 240 g/mol. The molecule has 4 heteroatoms. The van der Waals surface area contributed by atoms with Gasteiger partial charge in [0.25, 0.3) is 0 Å². The lowest BCUT2D eigenvalue weighted by atomic mass is 10.3. The molecule has 1 aromatic carbocycles. The summed E-state index contributed by atoms with van der Waals surface area (Å²) in [6.45, 7) is 3.93. The van der Waals surface area contributed by atoms with Crippen LogP contribution in [0, 0.1) is 0 Å². The van der Waals surface area contributed by atoms with E-state index in [9.17, 15) is 4.79 Å². The molecule has 0 unspecified atom stereocenters. The van der Waals surface area contributed by atoms with Crippen molar-refractivity contribution in [2.45, 2.75) is 13.8 Å². The van der Waals surface area contributed by atoms with E-state index in [0.29, 0.717) is 17.3 Å². The van der Waals surface area contributed by atoms with Crippen LogP contribution in [0.1, 0.15) is 13.8 Å². The van der Waals surface area contributed by atoms with Crippen LogP contribution in [0.4, 0.5) is 5.69 Å². The lowest BCUT2D eigenvalue weighted by Gasteiger charge is -2.06. The molecule has 0 spiro atoms. The Balaban J connectivity index is 2.63. The highest BCUT2D eigenvalue weighted by Gasteiger charge is 1.99. The Morgan fingerprint density at radius 3 is 2.94 bits per heavy atom. The fourth-order valence-electron chi connectivity index (χ4n) is 1.19. The minimum absolute atomic E-state index is 0.352. The molecular weight excluding hydrogens is 226 g/mol. The Labute approximate surface area is 100 Å². The summed E-state index contributed by atoms with van der Waals surface area (Å²) in [5.41, 5.74) is 1.55. The zero-order chi connectivity index (χ0) is 12.0. The first-order valence-electron chi connectivity index (χ1n) is 4.99. The first-order chi connectivity index (χ1) is 7.61. The van der Waals surface area contributed by atoms with Crippen LogP contribution >= 0.6 is 11.6 Å².